The third-order valence-corrected chi connectivity index (χ3v) is 3.61. The van der Waals surface area contributed by atoms with Crippen LogP contribution >= 0.6 is 11.8 Å². The summed E-state index contributed by atoms with van der Waals surface area (Å²) in [5.74, 6) is 1.19. The number of amidine groups is 1. The van der Waals surface area contributed by atoms with Gasteiger partial charge in [0.15, 0.2) is 5.17 Å². The van der Waals surface area contributed by atoms with Crippen LogP contribution in [0.4, 0.5) is 0 Å². The first-order valence-corrected chi connectivity index (χ1v) is 7.01. The fourth-order valence-corrected chi connectivity index (χ4v) is 3.03. The van der Waals surface area contributed by atoms with Crippen molar-refractivity contribution in [3.05, 3.63) is 0 Å². The van der Waals surface area contributed by atoms with Crippen molar-refractivity contribution in [1.29, 1.82) is 0 Å². The SMILES string of the molecule is CCCCC(C)N=C1NC(C)(C)CCS1. The van der Waals surface area contributed by atoms with E-state index < -0.39 is 0 Å². The Morgan fingerprint density at radius 3 is 2.87 bits per heavy atom. The summed E-state index contributed by atoms with van der Waals surface area (Å²) in [7, 11) is 0. The molecule has 0 aromatic heterocycles. The van der Waals surface area contributed by atoms with E-state index in [0.717, 1.165) is 5.17 Å². The summed E-state index contributed by atoms with van der Waals surface area (Å²) in [6.07, 6.45) is 4.98. The quantitative estimate of drug-likeness (QED) is 0.797. The van der Waals surface area contributed by atoms with Gasteiger partial charge in [0.1, 0.15) is 0 Å². The van der Waals surface area contributed by atoms with E-state index in [-0.39, 0.29) is 5.54 Å². The molecule has 0 saturated carbocycles. The second-order valence-electron chi connectivity index (χ2n) is 5.03. The molecule has 1 saturated heterocycles. The molecule has 1 N–H and O–H groups in total. The highest BCUT2D eigenvalue weighted by atomic mass is 32.2. The largest absolute Gasteiger partial charge is 0.360 e. The number of nitrogens with one attached hydrogen (secondary N) is 1. The van der Waals surface area contributed by atoms with Crippen LogP contribution in [0.2, 0.25) is 0 Å². The number of rotatable bonds is 4. The van der Waals surface area contributed by atoms with Gasteiger partial charge in [-0.2, -0.15) is 0 Å². The minimum absolute atomic E-state index is 0.231. The smallest absolute Gasteiger partial charge is 0.157 e. The molecule has 0 amide bonds. The Morgan fingerprint density at radius 2 is 2.27 bits per heavy atom. The van der Waals surface area contributed by atoms with E-state index in [1.54, 1.807) is 0 Å². The molecule has 15 heavy (non-hydrogen) atoms. The lowest BCUT2D eigenvalue weighted by atomic mass is 10.0. The van der Waals surface area contributed by atoms with Gasteiger partial charge < -0.3 is 5.32 Å². The second kappa shape index (κ2) is 5.78. The van der Waals surface area contributed by atoms with Crippen LogP contribution in [0.5, 0.6) is 0 Å². The maximum Gasteiger partial charge on any atom is 0.157 e. The molecule has 0 aliphatic carbocycles. The van der Waals surface area contributed by atoms with Crippen LogP contribution in [-0.4, -0.2) is 22.5 Å². The number of hydrogen-bond acceptors (Lipinski definition) is 2. The van der Waals surface area contributed by atoms with Crippen molar-refractivity contribution in [3.63, 3.8) is 0 Å². The van der Waals surface area contributed by atoms with E-state index >= 15 is 0 Å². The Bertz CT molecular complexity index is 224. The minimum atomic E-state index is 0.231. The molecule has 0 bridgehead atoms. The van der Waals surface area contributed by atoms with Gasteiger partial charge in [-0.25, -0.2) is 0 Å². The summed E-state index contributed by atoms with van der Waals surface area (Å²) in [6.45, 7) is 8.95. The van der Waals surface area contributed by atoms with Gasteiger partial charge in [0.2, 0.25) is 0 Å². The van der Waals surface area contributed by atoms with Crippen molar-refractivity contribution in [2.24, 2.45) is 4.99 Å². The Hall–Kier alpha value is -0.180. The molecular weight excluding hydrogens is 204 g/mol. The zero-order valence-corrected chi connectivity index (χ0v) is 11.3. The first-order chi connectivity index (χ1) is 7.03. The first-order valence-electron chi connectivity index (χ1n) is 6.02. The molecule has 0 aromatic rings. The predicted octanol–water partition coefficient (Wildman–Crippen LogP) is 3.43. The molecule has 1 unspecified atom stereocenters. The van der Waals surface area contributed by atoms with Crippen molar-refractivity contribution in [3.8, 4) is 0 Å². The standard InChI is InChI=1S/C12H24N2S/c1-5-6-7-10(2)13-11-14-12(3,4)8-9-15-11/h10H,5-9H2,1-4H3,(H,13,14). The third-order valence-electron chi connectivity index (χ3n) is 2.72. The Balaban J connectivity index is 2.44. The molecule has 1 heterocycles. The predicted molar refractivity (Wildman–Crippen MR) is 70.7 cm³/mol. The first kappa shape index (κ1) is 12.9. The van der Waals surface area contributed by atoms with Crippen molar-refractivity contribution >= 4 is 16.9 Å². The highest BCUT2D eigenvalue weighted by Crippen LogP contribution is 2.22. The summed E-state index contributed by atoms with van der Waals surface area (Å²) in [6, 6.07) is 0.467. The number of aliphatic imine (C=N–C) groups is 1. The summed E-state index contributed by atoms with van der Waals surface area (Å²) in [4.78, 5) is 4.74. The minimum Gasteiger partial charge on any atom is -0.360 e. The molecule has 2 nitrogen and oxygen atoms in total. The molecule has 1 atom stereocenters. The fourth-order valence-electron chi connectivity index (χ4n) is 1.62. The van der Waals surface area contributed by atoms with Gasteiger partial charge in [-0.05, 0) is 33.6 Å². The molecular formula is C12H24N2S. The molecule has 0 spiro atoms. The van der Waals surface area contributed by atoms with Crippen LogP contribution in [0.1, 0.15) is 53.4 Å². The number of nitrogens with zero attached hydrogens (tertiary/aromatic N) is 1. The number of thioether (sulfide) groups is 1. The lowest BCUT2D eigenvalue weighted by molar-refractivity contribution is 0.444. The second-order valence-corrected chi connectivity index (χ2v) is 6.12. The van der Waals surface area contributed by atoms with Crippen molar-refractivity contribution in [2.75, 3.05) is 5.75 Å². The van der Waals surface area contributed by atoms with Crippen molar-refractivity contribution in [2.45, 2.75) is 65.0 Å². The highest BCUT2D eigenvalue weighted by molar-refractivity contribution is 8.13. The van der Waals surface area contributed by atoms with E-state index in [2.05, 4.69) is 33.0 Å². The third kappa shape index (κ3) is 4.92. The van der Waals surface area contributed by atoms with Crippen LogP contribution in [0, 0.1) is 0 Å². The Kier molecular flexibility index (Phi) is 4.97. The molecule has 0 aromatic carbocycles. The van der Waals surface area contributed by atoms with E-state index in [1.807, 2.05) is 11.8 Å². The maximum absolute atomic E-state index is 4.74. The van der Waals surface area contributed by atoms with Crippen molar-refractivity contribution < 1.29 is 0 Å². The summed E-state index contributed by atoms with van der Waals surface area (Å²) in [5.41, 5.74) is 0.231. The molecule has 88 valence electrons. The fraction of sp³-hybridized carbons (Fsp3) is 0.917. The van der Waals surface area contributed by atoms with Gasteiger partial charge in [-0.3, -0.25) is 4.99 Å². The zero-order chi connectivity index (χ0) is 11.3. The molecule has 0 radical (unpaired) electrons. The van der Waals surface area contributed by atoms with Crippen LogP contribution in [0.15, 0.2) is 4.99 Å². The average molecular weight is 228 g/mol. The van der Waals surface area contributed by atoms with Gasteiger partial charge >= 0.3 is 0 Å². The molecule has 1 aliphatic rings. The molecule has 3 heteroatoms. The Morgan fingerprint density at radius 1 is 1.53 bits per heavy atom. The summed E-state index contributed by atoms with van der Waals surface area (Å²) in [5, 5.41) is 4.66. The topological polar surface area (TPSA) is 24.4 Å². The Labute approximate surface area is 98.3 Å². The van der Waals surface area contributed by atoms with Crippen LogP contribution < -0.4 is 5.32 Å². The van der Waals surface area contributed by atoms with Gasteiger partial charge in [0.25, 0.3) is 0 Å². The van der Waals surface area contributed by atoms with Crippen LogP contribution in [0.3, 0.4) is 0 Å². The lowest BCUT2D eigenvalue weighted by Gasteiger charge is -2.32. The number of hydrogen-bond donors (Lipinski definition) is 1. The van der Waals surface area contributed by atoms with Gasteiger partial charge in [-0.15, -0.1) is 0 Å². The van der Waals surface area contributed by atoms with Gasteiger partial charge in [0, 0.05) is 17.3 Å². The average Bonchev–Trinajstić information content (AvgIpc) is 2.13. The van der Waals surface area contributed by atoms with E-state index in [4.69, 9.17) is 4.99 Å². The summed E-state index contributed by atoms with van der Waals surface area (Å²) < 4.78 is 0. The number of unbranched alkanes of at least 4 members (excludes halogenated alkanes) is 1. The maximum atomic E-state index is 4.74. The normalized spacial score (nSPS) is 24.9. The van der Waals surface area contributed by atoms with E-state index in [9.17, 15) is 0 Å². The lowest BCUT2D eigenvalue weighted by Crippen LogP contribution is -2.46. The van der Waals surface area contributed by atoms with Gasteiger partial charge in [-0.1, -0.05) is 31.5 Å². The van der Waals surface area contributed by atoms with Gasteiger partial charge in [0.05, 0.1) is 0 Å². The molecule has 1 fully saturated rings. The zero-order valence-electron chi connectivity index (χ0n) is 10.5. The highest BCUT2D eigenvalue weighted by Gasteiger charge is 2.24. The molecule has 1 rings (SSSR count). The monoisotopic (exact) mass is 228 g/mol. The van der Waals surface area contributed by atoms with Crippen LogP contribution in [0.25, 0.3) is 0 Å². The van der Waals surface area contributed by atoms with Crippen LogP contribution in [-0.2, 0) is 0 Å². The van der Waals surface area contributed by atoms with E-state index in [0.29, 0.717) is 6.04 Å². The van der Waals surface area contributed by atoms with E-state index in [1.165, 1.54) is 31.4 Å². The molecule has 1 aliphatic heterocycles. The van der Waals surface area contributed by atoms with Crippen molar-refractivity contribution in [1.82, 2.24) is 5.32 Å². The summed E-state index contributed by atoms with van der Waals surface area (Å²) >= 11 is 1.87.